The first-order valence-corrected chi connectivity index (χ1v) is 13.6. The van der Waals surface area contributed by atoms with Gasteiger partial charge in [-0.3, -0.25) is 14.4 Å². The van der Waals surface area contributed by atoms with E-state index in [1.54, 1.807) is 4.90 Å². The molecule has 3 N–H and O–H groups in total. The Balaban J connectivity index is 1.56. The normalized spacial score (nSPS) is 30.5. The monoisotopic (exact) mass is 499 g/mol. The third-order valence-electron chi connectivity index (χ3n) is 8.25. The van der Waals surface area contributed by atoms with E-state index >= 15 is 0 Å². The van der Waals surface area contributed by atoms with E-state index in [-0.39, 0.29) is 24.3 Å². The summed E-state index contributed by atoms with van der Waals surface area (Å²) in [5.41, 5.74) is -0.764. The largest absolute Gasteiger partial charge is 0.396 e. The molecule has 1 aromatic carbocycles. The van der Waals surface area contributed by atoms with Gasteiger partial charge in [0, 0.05) is 26.2 Å². The zero-order valence-electron chi connectivity index (χ0n) is 21.6. The first-order valence-electron chi connectivity index (χ1n) is 13.6. The smallest absolute Gasteiger partial charge is 0.245 e. The maximum Gasteiger partial charge on any atom is 0.245 e. The molecule has 3 fully saturated rings. The number of carbonyl (C=O) groups excluding carboxylic acids is 3. The van der Waals surface area contributed by atoms with Crippen LogP contribution in [-0.4, -0.2) is 64.7 Å². The van der Waals surface area contributed by atoms with E-state index in [2.05, 4.69) is 17.6 Å². The summed E-state index contributed by atoms with van der Waals surface area (Å²) in [5.74, 6) is -1.84. The van der Waals surface area contributed by atoms with Gasteiger partial charge in [0.05, 0.1) is 17.4 Å². The molecule has 8 heteroatoms. The van der Waals surface area contributed by atoms with Crippen LogP contribution in [0.5, 0.6) is 0 Å². The molecule has 3 aliphatic rings. The van der Waals surface area contributed by atoms with Crippen LogP contribution in [0.1, 0.15) is 70.8 Å². The number of benzene rings is 1. The molecule has 0 aromatic heterocycles. The standard InChI is InChI=1S/C28H41N3O5/c1-3-4-9-16-29-25(34)23-28-15-14-27(2,36-28)21(24(33)30-19-20-12-7-5-8-13-20)22(28)26(35)31(23)17-10-6-11-18-32/h5,7-8,12-13,21-23,32H,3-4,6,9-11,14-19H2,1-2H3,(H,29,34)(H,30,33)/t21-,22-,23?,27+,28?/m0/s1. The van der Waals surface area contributed by atoms with Gasteiger partial charge in [-0.05, 0) is 51.0 Å². The number of ether oxygens (including phenoxy) is 1. The van der Waals surface area contributed by atoms with Gasteiger partial charge in [-0.1, -0.05) is 50.1 Å². The Morgan fingerprint density at radius 2 is 1.83 bits per heavy atom. The van der Waals surface area contributed by atoms with E-state index in [1.807, 2.05) is 37.3 Å². The zero-order valence-corrected chi connectivity index (χ0v) is 21.6. The van der Waals surface area contributed by atoms with Crippen LogP contribution in [0.15, 0.2) is 30.3 Å². The van der Waals surface area contributed by atoms with Crippen molar-refractivity contribution in [1.29, 1.82) is 0 Å². The van der Waals surface area contributed by atoms with Crippen molar-refractivity contribution in [3.05, 3.63) is 35.9 Å². The van der Waals surface area contributed by atoms with Gasteiger partial charge in [0.1, 0.15) is 11.6 Å². The minimum absolute atomic E-state index is 0.104. The molecule has 8 nitrogen and oxygen atoms in total. The Labute approximate surface area is 214 Å². The van der Waals surface area contributed by atoms with Gasteiger partial charge in [-0.15, -0.1) is 0 Å². The summed E-state index contributed by atoms with van der Waals surface area (Å²) in [5, 5.41) is 15.2. The summed E-state index contributed by atoms with van der Waals surface area (Å²) in [6.45, 7) is 5.50. The van der Waals surface area contributed by atoms with Gasteiger partial charge < -0.3 is 25.4 Å². The molecule has 0 aliphatic carbocycles. The Kier molecular flexibility index (Phi) is 8.35. The molecule has 1 aromatic rings. The van der Waals surface area contributed by atoms with Crippen LogP contribution in [0.4, 0.5) is 0 Å². The van der Waals surface area contributed by atoms with Crippen molar-refractivity contribution in [2.75, 3.05) is 19.7 Å². The number of nitrogens with one attached hydrogen (secondary N) is 2. The van der Waals surface area contributed by atoms with E-state index < -0.39 is 29.1 Å². The quantitative estimate of drug-likeness (QED) is 0.362. The average molecular weight is 500 g/mol. The molecule has 3 saturated heterocycles. The van der Waals surface area contributed by atoms with Crippen molar-refractivity contribution in [3.63, 3.8) is 0 Å². The number of aliphatic hydroxyl groups excluding tert-OH is 1. The predicted molar refractivity (Wildman–Crippen MR) is 136 cm³/mol. The summed E-state index contributed by atoms with van der Waals surface area (Å²) >= 11 is 0. The Bertz CT molecular complexity index is 940. The van der Waals surface area contributed by atoms with Crippen molar-refractivity contribution in [2.24, 2.45) is 11.8 Å². The second-order valence-corrected chi connectivity index (χ2v) is 10.7. The Morgan fingerprint density at radius 3 is 2.56 bits per heavy atom. The number of hydrogen-bond acceptors (Lipinski definition) is 5. The number of aliphatic hydroxyl groups is 1. The molecule has 36 heavy (non-hydrogen) atoms. The molecule has 4 rings (SSSR count). The fourth-order valence-electron chi connectivity index (χ4n) is 6.52. The van der Waals surface area contributed by atoms with Crippen LogP contribution in [0, 0.1) is 11.8 Å². The lowest BCUT2D eigenvalue weighted by Gasteiger charge is -2.33. The van der Waals surface area contributed by atoms with Crippen LogP contribution in [0.3, 0.4) is 0 Å². The van der Waals surface area contributed by atoms with E-state index in [9.17, 15) is 14.4 Å². The maximum atomic E-state index is 13.9. The van der Waals surface area contributed by atoms with Gasteiger partial charge in [-0.25, -0.2) is 0 Å². The zero-order chi connectivity index (χ0) is 25.8. The predicted octanol–water partition coefficient (Wildman–Crippen LogP) is 2.54. The number of carbonyl (C=O) groups is 3. The molecule has 5 atom stereocenters. The maximum absolute atomic E-state index is 13.9. The van der Waals surface area contributed by atoms with Crippen LogP contribution in [0.25, 0.3) is 0 Å². The SMILES string of the molecule is CCCCCNC(=O)C1N(CCCCCO)C(=O)[C@@H]2[C@@H](C(=O)NCc3ccccc3)[C@@]3(C)CCC12O3. The van der Waals surface area contributed by atoms with Crippen molar-refractivity contribution in [1.82, 2.24) is 15.5 Å². The summed E-state index contributed by atoms with van der Waals surface area (Å²) in [6, 6.07) is 8.96. The summed E-state index contributed by atoms with van der Waals surface area (Å²) in [6.07, 6.45) is 6.31. The molecule has 2 bridgehead atoms. The molecule has 0 radical (unpaired) electrons. The van der Waals surface area contributed by atoms with E-state index in [0.717, 1.165) is 31.2 Å². The average Bonchev–Trinajstić information content (AvgIpc) is 3.44. The van der Waals surface area contributed by atoms with Crippen LogP contribution in [0.2, 0.25) is 0 Å². The highest BCUT2D eigenvalue weighted by molar-refractivity contribution is 5.99. The fraction of sp³-hybridized carbons (Fsp3) is 0.679. The lowest BCUT2D eigenvalue weighted by Crippen LogP contribution is -2.55. The fourth-order valence-corrected chi connectivity index (χ4v) is 6.52. The van der Waals surface area contributed by atoms with Crippen molar-refractivity contribution < 1.29 is 24.2 Å². The van der Waals surface area contributed by atoms with E-state index in [4.69, 9.17) is 9.84 Å². The highest BCUT2D eigenvalue weighted by Crippen LogP contribution is 2.63. The van der Waals surface area contributed by atoms with Gasteiger partial charge >= 0.3 is 0 Å². The number of likely N-dealkylation sites (tertiary alicyclic amines) is 1. The van der Waals surface area contributed by atoms with E-state index in [0.29, 0.717) is 45.3 Å². The van der Waals surface area contributed by atoms with E-state index in [1.165, 1.54) is 0 Å². The lowest BCUT2D eigenvalue weighted by atomic mass is 9.66. The second-order valence-electron chi connectivity index (χ2n) is 10.7. The molecule has 3 amide bonds. The first-order chi connectivity index (χ1) is 17.4. The van der Waals surface area contributed by atoms with Crippen molar-refractivity contribution in [2.45, 2.75) is 89.0 Å². The second kappa shape index (κ2) is 11.3. The Hall–Kier alpha value is -2.45. The Morgan fingerprint density at radius 1 is 1.06 bits per heavy atom. The van der Waals surface area contributed by atoms with Crippen LogP contribution < -0.4 is 10.6 Å². The minimum Gasteiger partial charge on any atom is -0.396 e. The molecular formula is C28H41N3O5. The molecule has 0 saturated carbocycles. The molecule has 3 heterocycles. The van der Waals surface area contributed by atoms with Gasteiger partial charge in [0.2, 0.25) is 17.7 Å². The van der Waals surface area contributed by atoms with Crippen molar-refractivity contribution >= 4 is 17.7 Å². The molecule has 1 spiro atoms. The number of rotatable bonds is 13. The van der Waals surface area contributed by atoms with Crippen LogP contribution in [-0.2, 0) is 25.7 Å². The third kappa shape index (κ3) is 4.90. The highest BCUT2D eigenvalue weighted by Gasteiger charge is 2.77. The van der Waals surface area contributed by atoms with Gasteiger partial charge in [0.15, 0.2) is 0 Å². The first kappa shape index (κ1) is 26.6. The van der Waals surface area contributed by atoms with Gasteiger partial charge in [0.25, 0.3) is 0 Å². The summed E-state index contributed by atoms with van der Waals surface area (Å²) in [4.78, 5) is 42.6. The van der Waals surface area contributed by atoms with Crippen LogP contribution >= 0.6 is 0 Å². The highest BCUT2D eigenvalue weighted by atomic mass is 16.5. The molecule has 198 valence electrons. The molecular weight excluding hydrogens is 458 g/mol. The number of unbranched alkanes of at least 4 members (excludes halogenated alkanes) is 4. The lowest BCUT2D eigenvalue weighted by molar-refractivity contribution is -0.146. The topological polar surface area (TPSA) is 108 Å². The number of amides is 3. The number of fused-ring (bicyclic) bond motifs is 1. The van der Waals surface area contributed by atoms with Gasteiger partial charge in [-0.2, -0.15) is 0 Å². The third-order valence-corrected chi connectivity index (χ3v) is 8.25. The minimum atomic E-state index is -0.980. The molecule has 3 aliphatic heterocycles. The van der Waals surface area contributed by atoms with Crippen molar-refractivity contribution in [3.8, 4) is 0 Å². The molecule has 2 unspecified atom stereocenters. The summed E-state index contributed by atoms with van der Waals surface area (Å²) in [7, 11) is 0. The number of nitrogens with zero attached hydrogens (tertiary/aromatic N) is 1. The number of hydrogen-bond donors (Lipinski definition) is 3. The summed E-state index contributed by atoms with van der Waals surface area (Å²) < 4.78 is 6.62.